The minimum atomic E-state index is -0.936. The topological polar surface area (TPSA) is 101 Å². The van der Waals surface area contributed by atoms with Gasteiger partial charge >= 0.3 is 0 Å². The van der Waals surface area contributed by atoms with Crippen LogP contribution in [0.3, 0.4) is 0 Å². The van der Waals surface area contributed by atoms with Gasteiger partial charge in [0.2, 0.25) is 11.8 Å². The SMILES string of the molecule is Cc1ccccc1C(=O)NCC(=O)NC(C(N)=O)c1ccccc1. The molecule has 0 saturated carbocycles. The van der Waals surface area contributed by atoms with Crippen LogP contribution >= 0.6 is 0 Å². The van der Waals surface area contributed by atoms with Gasteiger partial charge in [0.25, 0.3) is 5.91 Å². The molecule has 6 heteroatoms. The Bertz CT molecular complexity index is 744. The van der Waals surface area contributed by atoms with Crippen molar-refractivity contribution in [2.75, 3.05) is 6.54 Å². The fraction of sp³-hybridized carbons (Fsp3) is 0.167. The van der Waals surface area contributed by atoms with E-state index < -0.39 is 17.9 Å². The quantitative estimate of drug-likeness (QED) is 0.740. The van der Waals surface area contributed by atoms with Crippen LogP contribution in [0.4, 0.5) is 0 Å². The fourth-order valence-electron chi connectivity index (χ4n) is 2.26. The Hall–Kier alpha value is -3.15. The molecular weight excluding hydrogens is 306 g/mol. The molecule has 1 unspecified atom stereocenters. The van der Waals surface area contributed by atoms with Crippen molar-refractivity contribution >= 4 is 17.7 Å². The van der Waals surface area contributed by atoms with Crippen molar-refractivity contribution in [3.63, 3.8) is 0 Å². The predicted octanol–water partition coefficient (Wildman–Crippen LogP) is 1.07. The first-order valence-corrected chi connectivity index (χ1v) is 7.46. The van der Waals surface area contributed by atoms with Gasteiger partial charge in [-0.1, -0.05) is 48.5 Å². The minimum absolute atomic E-state index is 0.246. The van der Waals surface area contributed by atoms with Gasteiger partial charge in [0, 0.05) is 5.56 Å². The number of aryl methyl sites for hydroxylation is 1. The van der Waals surface area contributed by atoms with Crippen LogP contribution in [0.5, 0.6) is 0 Å². The molecule has 0 saturated heterocycles. The van der Waals surface area contributed by atoms with Crippen molar-refractivity contribution in [2.45, 2.75) is 13.0 Å². The van der Waals surface area contributed by atoms with Gasteiger partial charge in [0.1, 0.15) is 6.04 Å². The predicted molar refractivity (Wildman–Crippen MR) is 90.0 cm³/mol. The number of primary amides is 1. The first kappa shape index (κ1) is 17.2. The number of amides is 3. The minimum Gasteiger partial charge on any atom is -0.368 e. The van der Waals surface area contributed by atoms with E-state index in [1.165, 1.54) is 0 Å². The number of carbonyl (C=O) groups excluding carboxylic acids is 3. The van der Waals surface area contributed by atoms with Gasteiger partial charge in [-0.3, -0.25) is 14.4 Å². The van der Waals surface area contributed by atoms with Crippen molar-refractivity contribution in [3.05, 3.63) is 71.3 Å². The van der Waals surface area contributed by atoms with E-state index in [1.54, 1.807) is 42.5 Å². The molecule has 1 atom stereocenters. The second-order valence-corrected chi connectivity index (χ2v) is 5.31. The zero-order valence-corrected chi connectivity index (χ0v) is 13.3. The summed E-state index contributed by atoms with van der Waals surface area (Å²) in [4.78, 5) is 35.7. The lowest BCUT2D eigenvalue weighted by atomic mass is 10.1. The van der Waals surface area contributed by atoms with E-state index in [0.717, 1.165) is 5.56 Å². The summed E-state index contributed by atoms with van der Waals surface area (Å²) in [5, 5.41) is 5.06. The zero-order valence-electron chi connectivity index (χ0n) is 13.3. The molecule has 0 bridgehead atoms. The van der Waals surface area contributed by atoms with Crippen LogP contribution in [-0.2, 0) is 9.59 Å². The molecule has 0 spiro atoms. The van der Waals surface area contributed by atoms with Crippen LogP contribution in [0.25, 0.3) is 0 Å². The van der Waals surface area contributed by atoms with Crippen LogP contribution in [0.2, 0.25) is 0 Å². The number of carbonyl (C=O) groups is 3. The Labute approximate surface area is 140 Å². The van der Waals surface area contributed by atoms with E-state index in [9.17, 15) is 14.4 Å². The highest BCUT2D eigenvalue weighted by Gasteiger charge is 2.20. The normalized spacial score (nSPS) is 11.4. The largest absolute Gasteiger partial charge is 0.368 e. The molecule has 0 aliphatic carbocycles. The van der Waals surface area contributed by atoms with Gasteiger partial charge < -0.3 is 16.4 Å². The van der Waals surface area contributed by atoms with Crippen molar-refractivity contribution in [3.8, 4) is 0 Å². The maximum absolute atomic E-state index is 12.1. The zero-order chi connectivity index (χ0) is 17.5. The number of hydrogen-bond donors (Lipinski definition) is 3. The number of nitrogens with two attached hydrogens (primary N) is 1. The van der Waals surface area contributed by atoms with E-state index in [2.05, 4.69) is 10.6 Å². The summed E-state index contributed by atoms with van der Waals surface area (Å²) in [5.74, 6) is -1.51. The lowest BCUT2D eigenvalue weighted by Crippen LogP contribution is -2.42. The maximum atomic E-state index is 12.1. The van der Waals surface area contributed by atoms with Crippen molar-refractivity contribution in [1.82, 2.24) is 10.6 Å². The molecule has 0 aromatic heterocycles. The highest BCUT2D eigenvalue weighted by atomic mass is 16.2. The summed E-state index contributed by atoms with van der Waals surface area (Å²) in [6.07, 6.45) is 0. The molecule has 2 aromatic rings. The van der Waals surface area contributed by atoms with Crippen LogP contribution in [-0.4, -0.2) is 24.3 Å². The summed E-state index contributed by atoms with van der Waals surface area (Å²) in [6.45, 7) is 1.57. The number of hydrogen-bond acceptors (Lipinski definition) is 3. The van der Waals surface area contributed by atoms with Gasteiger partial charge in [-0.15, -0.1) is 0 Å². The monoisotopic (exact) mass is 325 g/mol. The Morgan fingerprint density at radius 2 is 1.62 bits per heavy atom. The number of rotatable bonds is 6. The molecule has 0 aliphatic heterocycles. The van der Waals surface area contributed by atoms with Crippen LogP contribution < -0.4 is 16.4 Å². The molecule has 6 nitrogen and oxygen atoms in total. The van der Waals surface area contributed by atoms with Gasteiger partial charge in [0.15, 0.2) is 0 Å². The second-order valence-electron chi connectivity index (χ2n) is 5.31. The van der Waals surface area contributed by atoms with Gasteiger partial charge in [-0.2, -0.15) is 0 Å². The second kappa shape index (κ2) is 7.92. The Balaban J connectivity index is 1.96. The van der Waals surface area contributed by atoms with Crippen LogP contribution in [0.15, 0.2) is 54.6 Å². The third-order valence-electron chi connectivity index (χ3n) is 3.52. The van der Waals surface area contributed by atoms with E-state index in [0.29, 0.717) is 11.1 Å². The van der Waals surface area contributed by atoms with Crippen molar-refractivity contribution in [1.29, 1.82) is 0 Å². The summed E-state index contributed by atoms with van der Waals surface area (Å²) in [7, 11) is 0. The molecule has 0 heterocycles. The average Bonchev–Trinajstić information content (AvgIpc) is 2.58. The maximum Gasteiger partial charge on any atom is 0.251 e. The molecule has 3 amide bonds. The molecule has 2 aromatic carbocycles. The summed E-state index contributed by atoms with van der Waals surface area (Å²) in [5.41, 5.74) is 7.24. The first-order chi connectivity index (χ1) is 11.5. The molecular formula is C18H19N3O3. The highest BCUT2D eigenvalue weighted by molar-refractivity contribution is 5.98. The highest BCUT2D eigenvalue weighted by Crippen LogP contribution is 2.11. The lowest BCUT2D eigenvalue weighted by Gasteiger charge is -2.16. The first-order valence-electron chi connectivity index (χ1n) is 7.46. The van der Waals surface area contributed by atoms with Crippen LogP contribution in [0, 0.1) is 6.92 Å². The van der Waals surface area contributed by atoms with Gasteiger partial charge in [0.05, 0.1) is 6.54 Å². The van der Waals surface area contributed by atoms with E-state index in [4.69, 9.17) is 5.73 Å². The summed E-state index contributed by atoms with van der Waals surface area (Å²) < 4.78 is 0. The van der Waals surface area contributed by atoms with E-state index in [1.807, 2.05) is 19.1 Å². The fourth-order valence-corrected chi connectivity index (χ4v) is 2.26. The third kappa shape index (κ3) is 4.42. The Morgan fingerprint density at radius 3 is 2.25 bits per heavy atom. The standard InChI is InChI=1S/C18H19N3O3/c1-12-7-5-6-10-14(12)18(24)20-11-15(22)21-16(17(19)23)13-8-3-2-4-9-13/h2-10,16H,11H2,1H3,(H2,19,23)(H,20,24)(H,21,22). The molecule has 4 N–H and O–H groups in total. The number of nitrogens with one attached hydrogen (secondary N) is 2. The van der Waals surface area contributed by atoms with E-state index >= 15 is 0 Å². The molecule has 24 heavy (non-hydrogen) atoms. The smallest absolute Gasteiger partial charge is 0.251 e. The lowest BCUT2D eigenvalue weighted by molar-refractivity contribution is -0.126. The third-order valence-corrected chi connectivity index (χ3v) is 3.52. The van der Waals surface area contributed by atoms with Gasteiger partial charge in [-0.25, -0.2) is 0 Å². The number of benzene rings is 2. The van der Waals surface area contributed by atoms with E-state index in [-0.39, 0.29) is 12.5 Å². The summed E-state index contributed by atoms with van der Waals surface area (Å²) >= 11 is 0. The van der Waals surface area contributed by atoms with Crippen molar-refractivity contribution in [2.24, 2.45) is 5.73 Å². The Morgan fingerprint density at radius 1 is 1.00 bits per heavy atom. The Kier molecular flexibility index (Phi) is 5.68. The molecule has 0 aliphatic rings. The molecule has 2 rings (SSSR count). The molecule has 0 fully saturated rings. The summed E-state index contributed by atoms with van der Waals surface area (Å²) in [6, 6.07) is 14.8. The molecule has 124 valence electrons. The van der Waals surface area contributed by atoms with Crippen molar-refractivity contribution < 1.29 is 14.4 Å². The average molecular weight is 325 g/mol. The van der Waals surface area contributed by atoms with Gasteiger partial charge in [-0.05, 0) is 24.1 Å². The van der Waals surface area contributed by atoms with Crippen LogP contribution in [0.1, 0.15) is 27.5 Å². The molecule has 0 radical (unpaired) electrons.